The number of carbonyl (C=O) groups is 2. The fraction of sp³-hybridized carbons (Fsp3) is 0.267. The Morgan fingerprint density at radius 1 is 1.38 bits per heavy atom. The third-order valence-corrected chi connectivity index (χ3v) is 4.66. The Morgan fingerprint density at radius 3 is 2.81 bits per heavy atom. The molecule has 0 saturated heterocycles. The number of nitrogens with one attached hydrogen (secondary N) is 1. The molecular formula is C15H15N3O2S. The van der Waals surface area contributed by atoms with Crippen LogP contribution in [0.2, 0.25) is 0 Å². The van der Waals surface area contributed by atoms with E-state index in [9.17, 15) is 9.59 Å². The van der Waals surface area contributed by atoms with Crippen LogP contribution in [-0.2, 0) is 11.2 Å². The van der Waals surface area contributed by atoms with Gasteiger partial charge < -0.3 is 4.90 Å². The number of nitrogens with zero attached hydrogens (tertiary/aromatic N) is 2. The number of rotatable bonds is 2. The van der Waals surface area contributed by atoms with Crippen LogP contribution in [0.25, 0.3) is 0 Å². The monoisotopic (exact) mass is 301 g/mol. The average Bonchev–Trinajstić information content (AvgIpc) is 2.90. The van der Waals surface area contributed by atoms with Gasteiger partial charge in [-0.3, -0.25) is 14.9 Å². The molecule has 0 fully saturated rings. The second-order valence-corrected chi connectivity index (χ2v) is 6.29. The fourth-order valence-electron chi connectivity index (χ4n) is 2.31. The molecule has 1 aromatic carbocycles. The van der Waals surface area contributed by atoms with E-state index in [1.165, 1.54) is 11.3 Å². The van der Waals surface area contributed by atoms with Gasteiger partial charge in [0.2, 0.25) is 5.91 Å². The van der Waals surface area contributed by atoms with Crippen LogP contribution in [-0.4, -0.2) is 23.8 Å². The van der Waals surface area contributed by atoms with Gasteiger partial charge in [0.05, 0.1) is 12.1 Å². The molecule has 0 saturated carbocycles. The minimum Gasteiger partial charge on any atom is -0.315 e. The molecule has 1 N–H and O–H groups in total. The lowest BCUT2D eigenvalue weighted by atomic mass is 10.1. The largest absolute Gasteiger partial charge is 0.315 e. The van der Waals surface area contributed by atoms with Gasteiger partial charge in [-0.05, 0) is 37.6 Å². The Balaban J connectivity index is 1.83. The molecular weight excluding hydrogens is 286 g/mol. The summed E-state index contributed by atoms with van der Waals surface area (Å²) in [5, 5.41) is 3.40. The molecule has 108 valence electrons. The Morgan fingerprint density at radius 2 is 2.14 bits per heavy atom. The highest BCUT2D eigenvalue weighted by atomic mass is 32.1. The first kappa shape index (κ1) is 13.8. The van der Waals surface area contributed by atoms with Gasteiger partial charge >= 0.3 is 0 Å². The van der Waals surface area contributed by atoms with E-state index >= 15 is 0 Å². The standard InChI is InChI=1S/C15H15N3O2S/c1-8-9(2)21-15(16-8)17-14(20)10-4-5-12-11(6-10)7-13(19)18(12)3/h4-6H,7H2,1-3H3,(H,16,17,20). The molecule has 0 aliphatic carbocycles. The Labute approximate surface area is 126 Å². The van der Waals surface area contributed by atoms with Crippen molar-refractivity contribution >= 4 is 34.0 Å². The van der Waals surface area contributed by atoms with E-state index in [1.807, 2.05) is 19.9 Å². The van der Waals surface area contributed by atoms with Crippen molar-refractivity contribution in [2.75, 3.05) is 17.3 Å². The predicted molar refractivity (Wildman–Crippen MR) is 83.1 cm³/mol. The lowest BCUT2D eigenvalue weighted by molar-refractivity contribution is -0.117. The number of aromatic nitrogens is 1. The number of hydrogen-bond donors (Lipinski definition) is 1. The third kappa shape index (κ3) is 2.42. The number of aryl methyl sites for hydroxylation is 2. The summed E-state index contributed by atoms with van der Waals surface area (Å²) in [6.45, 7) is 3.89. The zero-order valence-corrected chi connectivity index (χ0v) is 12.9. The molecule has 1 aromatic heterocycles. The average molecular weight is 301 g/mol. The molecule has 0 unspecified atom stereocenters. The smallest absolute Gasteiger partial charge is 0.257 e. The van der Waals surface area contributed by atoms with E-state index in [0.29, 0.717) is 17.1 Å². The number of hydrogen-bond acceptors (Lipinski definition) is 4. The number of amides is 2. The van der Waals surface area contributed by atoms with E-state index in [2.05, 4.69) is 10.3 Å². The topological polar surface area (TPSA) is 62.3 Å². The molecule has 5 nitrogen and oxygen atoms in total. The van der Waals surface area contributed by atoms with Crippen LogP contribution >= 0.6 is 11.3 Å². The van der Waals surface area contributed by atoms with Crippen molar-refractivity contribution < 1.29 is 9.59 Å². The predicted octanol–water partition coefficient (Wildman–Crippen LogP) is 2.53. The van der Waals surface area contributed by atoms with Crippen molar-refractivity contribution in [1.82, 2.24) is 4.98 Å². The number of thiazole rings is 1. The number of carbonyl (C=O) groups excluding carboxylic acids is 2. The van der Waals surface area contributed by atoms with Crippen molar-refractivity contribution in [3.05, 3.63) is 39.9 Å². The van der Waals surface area contributed by atoms with Crippen LogP contribution in [0, 0.1) is 13.8 Å². The van der Waals surface area contributed by atoms with Crippen molar-refractivity contribution in [2.45, 2.75) is 20.3 Å². The molecule has 1 aliphatic heterocycles. The lowest BCUT2D eigenvalue weighted by Gasteiger charge is -2.10. The fourth-order valence-corrected chi connectivity index (χ4v) is 3.12. The first-order valence-electron chi connectivity index (χ1n) is 6.60. The van der Waals surface area contributed by atoms with Gasteiger partial charge in [0.25, 0.3) is 5.91 Å². The summed E-state index contributed by atoms with van der Waals surface area (Å²) in [7, 11) is 1.75. The summed E-state index contributed by atoms with van der Waals surface area (Å²) in [6.07, 6.45) is 0.350. The number of anilines is 2. The van der Waals surface area contributed by atoms with Crippen molar-refractivity contribution in [1.29, 1.82) is 0 Å². The molecule has 0 atom stereocenters. The molecule has 3 rings (SSSR count). The van der Waals surface area contributed by atoms with Gasteiger partial charge in [0.1, 0.15) is 0 Å². The highest BCUT2D eigenvalue weighted by Gasteiger charge is 2.24. The molecule has 2 heterocycles. The van der Waals surface area contributed by atoms with Crippen LogP contribution in [0.5, 0.6) is 0 Å². The highest BCUT2D eigenvalue weighted by molar-refractivity contribution is 7.15. The van der Waals surface area contributed by atoms with Gasteiger partial charge in [-0.15, -0.1) is 11.3 Å². The van der Waals surface area contributed by atoms with Crippen LogP contribution in [0.4, 0.5) is 10.8 Å². The lowest BCUT2D eigenvalue weighted by Crippen LogP contribution is -2.20. The number of fused-ring (bicyclic) bond motifs is 1. The van der Waals surface area contributed by atoms with Crippen molar-refractivity contribution in [3.8, 4) is 0 Å². The van der Waals surface area contributed by atoms with Gasteiger partial charge in [-0.1, -0.05) is 0 Å². The zero-order chi connectivity index (χ0) is 15.1. The second-order valence-electron chi connectivity index (χ2n) is 5.09. The minimum atomic E-state index is -0.200. The summed E-state index contributed by atoms with van der Waals surface area (Å²) in [4.78, 5) is 30.9. The molecule has 2 amide bonds. The van der Waals surface area contributed by atoms with Crippen LogP contribution in [0.1, 0.15) is 26.5 Å². The molecule has 21 heavy (non-hydrogen) atoms. The SMILES string of the molecule is Cc1nc(NC(=O)c2ccc3c(c2)CC(=O)N3C)sc1C. The van der Waals surface area contributed by atoms with E-state index < -0.39 is 0 Å². The number of likely N-dealkylation sites (N-methyl/N-ethyl adjacent to an activating group) is 1. The molecule has 0 spiro atoms. The van der Waals surface area contributed by atoms with E-state index in [0.717, 1.165) is 21.8 Å². The highest BCUT2D eigenvalue weighted by Crippen LogP contribution is 2.29. The molecule has 2 aromatic rings. The summed E-state index contributed by atoms with van der Waals surface area (Å²) in [5.41, 5.74) is 3.23. The van der Waals surface area contributed by atoms with E-state index in [1.54, 1.807) is 24.1 Å². The second kappa shape index (κ2) is 4.96. The molecule has 6 heteroatoms. The van der Waals surface area contributed by atoms with E-state index in [-0.39, 0.29) is 11.8 Å². The van der Waals surface area contributed by atoms with Gasteiger partial charge in [-0.2, -0.15) is 0 Å². The summed E-state index contributed by atoms with van der Waals surface area (Å²) in [6, 6.07) is 5.32. The first-order valence-corrected chi connectivity index (χ1v) is 7.42. The quantitative estimate of drug-likeness (QED) is 0.927. The Bertz CT molecular complexity index is 732. The maximum atomic E-state index is 12.3. The summed E-state index contributed by atoms with van der Waals surface area (Å²) in [5.74, 6) is -0.151. The molecule has 0 radical (unpaired) electrons. The summed E-state index contributed by atoms with van der Waals surface area (Å²) >= 11 is 1.46. The van der Waals surface area contributed by atoms with Crippen LogP contribution in [0.3, 0.4) is 0 Å². The van der Waals surface area contributed by atoms with Crippen molar-refractivity contribution in [2.24, 2.45) is 0 Å². The van der Waals surface area contributed by atoms with Crippen LogP contribution in [0.15, 0.2) is 18.2 Å². The maximum absolute atomic E-state index is 12.3. The Hall–Kier alpha value is -2.21. The minimum absolute atomic E-state index is 0.0498. The molecule has 1 aliphatic rings. The zero-order valence-electron chi connectivity index (χ0n) is 12.1. The van der Waals surface area contributed by atoms with Gasteiger partial charge in [-0.25, -0.2) is 4.98 Å². The molecule has 0 bridgehead atoms. The van der Waals surface area contributed by atoms with Gasteiger partial charge in [0, 0.05) is 23.2 Å². The number of benzene rings is 1. The van der Waals surface area contributed by atoms with Crippen LogP contribution < -0.4 is 10.2 Å². The van der Waals surface area contributed by atoms with Gasteiger partial charge in [0.15, 0.2) is 5.13 Å². The van der Waals surface area contributed by atoms with Crippen molar-refractivity contribution in [3.63, 3.8) is 0 Å². The summed E-state index contributed by atoms with van der Waals surface area (Å²) < 4.78 is 0. The third-order valence-electron chi connectivity index (χ3n) is 3.67. The Kier molecular flexibility index (Phi) is 3.25. The normalized spacial score (nSPS) is 13.5. The van der Waals surface area contributed by atoms with E-state index in [4.69, 9.17) is 0 Å². The first-order chi connectivity index (χ1) is 9.95. The maximum Gasteiger partial charge on any atom is 0.257 e.